The van der Waals surface area contributed by atoms with Crippen molar-refractivity contribution in [3.8, 4) is 11.8 Å². The molecule has 2 aliphatic heterocycles. The minimum absolute atomic E-state index is 0.210. The molecule has 1 aromatic heterocycles. The minimum atomic E-state index is -0.468. The Balaban J connectivity index is 1.31. The Kier molecular flexibility index (Phi) is 8.08. The molecular weight excluding hydrogens is 546 g/mol. The molecule has 9 heteroatoms. The number of carbonyl (C=O) groups is 1. The molecule has 1 saturated heterocycles. The van der Waals surface area contributed by atoms with Crippen molar-refractivity contribution in [3.05, 3.63) is 51.4 Å². The number of hydrogen-bond donors (Lipinski definition) is 2. The second-order valence-corrected chi connectivity index (χ2v) is 14.0. The van der Waals surface area contributed by atoms with Crippen LogP contribution in [0.1, 0.15) is 74.1 Å². The van der Waals surface area contributed by atoms with Gasteiger partial charge in [-0.3, -0.25) is 20.7 Å². The Morgan fingerprint density at radius 2 is 1.86 bits per heavy atom. The number of hydrogen-bond acceptors (Lipinski definition) is 7. The van der Waals surface area contributed by atoms with E-state index in [9.17, 15) is 4.79 Å². The van der Waals surface area contributed by atoms with Gasteiger partial charge in [0.2, 0.25) is 0 Å². The molecule has 222 valence electrons. The van der Waals surface area contributed by atoms with Crippen LogP contribution in [0.15, 0.2) is 29.3 Å². The Hall–Kier alpha value is -3.48. The molecule has 1 aliphatic carbocycles. The number of carbonyl (C=O) groups excluding carboxylic acids is 1. The zero-order valence-corrected chi connectivity index (χ0v) is 26.5. The third kappa shape index (κ3) is 5.88. The molecule has 1 spiro atoms. The van der Waals surface area contributed by atoms with E-state index in [2.05, 4.69) is 37.8 Å². The number of rotatable bonds is 4. The first-order valence-corrected chi connectivity index (χ1v) is 15.3. The number of aryl methyl sites for hydroxylation is 1. The van der Waals surface area contributed by atoms with Gasteiger partial charge in [-0.15, -0.1) is 11.3 Å². The summed E-state index contributed by atoms with van der Waals surface area (Å²) in [4.78, 5) is 22.1. The van der Waals surface area contributed by atoms with Crippen LogP contribution in [0.25, 0.3) is 0 Å². The zero-order valence-electron chi connectivity index (χ0n) is 25.7. The topological polar surface area (TPSA) is 102 Å². The smallest absolute Gasteiger partial charge is 0.410 e. The van der Waals surface area contributed by atoms with E-state index in [4.69, 9.17) is 25.3 Å². The average Bonchev–Trinajstić information content (AvgIpc) is 3.07. The normalized spacial score (nSPS) is 19.6. The number of ether oxygens (including phenoxy) is 2. The van der Waals surface area contributed by atoms with E-state index in [-0.39, 0.29) is 11.5 Å². The van der Waals surface area contributed by atoms with Crippen LogP contribution in [-0.2, 0) is 9.47 Å². The quantitative estimate of drug-likeness (QED) is 0.245. The predicted molar refractivity (Wildman–Crippen MR) is 170 cm³/mol. The van der Waals surface area contributed by atoms with Crippen LogP contribution in [0.3, 0.4) is 0 Å². The maximum Gasteiger partial charge on any atom is 0.410 e. The number of benzene rings is 1. The molecule has 1 unspecified atom stereocenters. The van der Waals surface area contributed by atoms with Crippen molar-refractivity contribution in [2.24, 2.45) is 16.3 Å². The first-order valence-electron chi connectivity index (χ1n) is 14.5. The second-order valence-electron chi connectivity index (χ2n) is 12.8. The summed E-state index contributed by atoms with van der Waals surface area (Å²) in [5.41, 5.74) is 4.64. The summed E-state index contributed by atoms with van der Waals surface area (Å²) in [7, 11) is 1.66. The second kappa shape index (κ2) is 11.3. The number of methoxy groups -OCH3 is 1. The summed E-state index contributed by atoms with van der Waals surface area (Å²) in [6, 6.07) is 7.80. The highest BCUT2D eigenvalue weighted by molar-refractivity contribution is 7.17. The van der Waals surface area contributed by atoms with Gasteiger partial charge in [0.25, 0.3) is 0 Å². The highest BCUT2D eigenvalue weighted by Gasteiger charge is 2.54. The van der Waals surface area contributed by atoms with Crippen LogP contribution in [0.4, 0.5) is 9.80 Å². The van der Waals surface area contributed by atoms with E-state index in [1.807, 2.05) is 32.9 Å². The fourth-order valence-electron chi connectivity index (χ4n) is 6.03. The van der Waals surface area contributed by atoms with Gasteiger partial charge >= 0.3 is 6.09 Å². The van der Waals surface area contributed by atoms with Crippen molar-refractivity contribution in [2.75, 3.05) is 31.7 Å². The number of amidine groups is 2. The number of likely N-dealkylation sites (tertiary alicyclic amines) is 1. The van der Waals surface area contributed by atoms with Crippen LogP contribution < -0.4 is 4.90 Å². The molecule has 42 heavy (non-hydrogen) atoms. The van der Waals surface area contributed by atoms with Crippen LogP contribution in [0.2, 0.25) is 0 Å². The lowest BCUT2D eigenvalue weighted by atomic mass is 9.58. The summed E-state index contributed by atoms with van der Waals surface area (Å²) >= 11 is 1.61. The van der Waals surface area contributed by atoms with Gasteiger partial charge in [0, 0.05) is 66.1 Å². The summed E-state index contributed by atoms with van der Waals surface area (Å²) in [6.45, 7) is 13.6. The van der Waals surface area contributed by atoms with Crippen molar-refractivity contribution < 1.29 is 14.3 Å². The number of fused-ring (bicyclic) bond motifs is 1. The van der Waals surface area contributed by atoms with Crippen molar-refractivity contribution in [1.29, 1.82) is 10.8 Å². The van der Waals surface area contributed by atoms with Crippen LogP contribution in [-0.4, -0.2) is 66.8 Å². The maximum atomic E-state index is 12.3. The molecule has 3 aliphatic rings. The standard InChI is InChI=1S/C33H41N5O3S/c1-20-21(2)42-30-27(20)28(36-26(14-15-40-7)29(35)38(30)22(3)34)25-12-10-23(11-13-25)8-9-24-16-33(17-24)18-37(19-33)31(39)41-32(4,5)6/h10-13,24,26,34-35H,14-19H2,1-7H3. The highest BCUT2D eigenvalue weighted by Crippen LogP contribution is 2.52. The summed E-state index contributed by atoms with van der Waals surface area (Å²) in [5, 5.41) is 18.3. The Labute approximate surface area is 253 Å². The van der Waals surface area contributed by atoms with E-state index in [0.717, 1.165) is 63.8 Å². The van der Waals surface area contributed by atoms with Gasteiger partial charge in [-0.2, -0.15) is 0 Å². The van der Waals surface area contributed by atoms with Crippen LogP contribution >= 0.6 is 11.3 Å². The van der Waals surface area contributed by atoms with Crippen LogP contribution in [0.5, 0.6) is 0 Å². The molecule has 1 amide bonds. The number of anilines is 1. The largest absolute Gasteiger partial charge is 0.444 e. The average molecular weight is 588 g/mol. The molecule has 2 N–H and O–H groups in total. The summed E-state index contributed by atoms with van der Waals surface area (Å²) in [5.74, 6) is 7.77. The third-order valence-corrected chi connectivity index (χ3v) is 9.41. The van der Waals surface area contributed by atoms with Gasteiger partial charge in [-0.25, -0.2) is 4.79 Å². The Morgan fingerprint density at radius 3 is 2.45 bits per heavy atom. The van der Waals surface area contributed by atoms with E-state index >= 15 is 0 Å². The van der Waals surface area contributed by atoms with Gasteiger partial charge in [0.05, 0.1) is 5.71 Å². The summed E-state index contributed by atoms with van der Waals surface area (Å²) in [6.07, 6.45) is 2.39. The molecule has 1 saturated carbocycles. The van der Waals surface area contributed by atoms with Crippen molar-refractivity contribution in [2.45, 2.75) is 72.4 Å². The fraction of sp³-hybridized carbons (Fsp3) is 0.515. The number of amides is 1. The molecular formula is C33H41N5O3S. The summed E-state index contributed by atoms with van der Waals surface area (Å²) < 4.78 is 10.8. The van der Waals surface area contributed by atoms with Gasteiger partial charge in [0.1, 0.15) is 28.3 Å². The molecule has 3 heterocycles. The van der Waals surface area contributed by atoms with Gasteiger partial charge < -0.3 is 14.4 Å². The van der Waals surface area contributed by atoms with Gasteiger partial charge in [-0.05, 0) is 72.1 Å². The molecule has 5 rings (SSSR count). The number of nitrogens with one attached hydrogen (secondary N) is 2. The first kappa shape index (κ1) is 30.0. The van der Waals surface area contributed by atoms with E-state index in [0.29, 0.717) is 30.6 Å². The van der Waals surface area contributed by atoms with Gasteiger partial charge in [-0.1, -0.05) is 24.0 Å². The Bertz CT molecular complexity index is 1490. The zero-order chi connectivity index (χ0) is 30.4. The lowest BCUT2D eigenvalue weighted by Gasteiger charge is -2.57. The molecule has 2 fully saturated rings. The molecule has 2 aromatic rings. The highest BCUT2D eigenvalue weighted by atomic mass is 32.1. The third-order valence-electron chi connectivity index (χ3n) is 8.22. The van der Waals surface area contributed by atoms with Crippen molar-refractivity contribution in [1.82, 2.24) is 4.90 Å². The molecule has 0 bridgehead atoms. The number of aliphatic imine (C=N–C) groups is 1. The number of thiophene rings is 1. The van der Waals surface area contributed by atoms with Crippen molar-refractivity contribution in [3.63, 3.8) is 0 Å². The molecule has 0 radical (unpaired) electrons. The predicted octanol–water partition coefficient (Wildman–Crippen LogP) is 6.40. The Morgan fingerprint density at radius 1 is 1.19 bits per heavy atom. The molecule has 8 nitrogen and oxygen atoms in total. The van der Waals surface area contributed by atoms with E-state index < -0.39 is 11.6 Å². The minimum Gasteiger partial charge on any atom is -0.444 e. The van der Waals surface area contributed by atoms with Crippen molar-refractivity contribution >= 4 is 39.8 Å². The first-order chi connectivity index (χ1) is 19.8. The maximum absolute atomic E-state index is 12.3. The van der Waals surface area contributed by atoms with Crippen LogP contribution in [0, 0.1) is 47.8 Å². The van der Waals surface area contributed by atoms with Gasteiger partial charge in [0.15, 0.2) is 0 Å². The fourth-order valence-corrected chi connectivity index (χ4v) is 7.25. The van der Waals surface area contributed by atoms with E-state index in [1.54, 1.807) is 35.2 Å². The molecule has 1 atom stereocenters. The monoisotopic (exact) mass is 587 g/mol. The lowest BCUT2D eigenvalue weighted by molar-refractivity contribution is -0.0832. The van der Waals surface area contributed by atoms with E-state index in [1.165, 1.54) is 0 Å². The lowest BCUT2D eigenvalue weighted by Crippen LogP contribution is -2.64. The number of nitrogens with zero attached hydrogens (tertiary/aromatic N) is 3. The SMILES string of the molecule is COCCC1N=C(c2ccc(C#CC3CC4(C3)CN(C(=O)OC(C)(C)C)C4)cc2)c2c(sc(C)c2C)N(C(C)=N)C1=N. The molecule has 1 aromatic carbocycles.